The second kappa shape index (κ2) is 6.99. The number of carbonyl (C=O) groups excluding carboxylic acids is 3. The maximum absolute atomic E-state index is 12.6. The fraction of sp³-hybridized carbons (Fsp3) is 0.143. The summed E-state index contributed by atoms with van der Waals surface area (Å²) in [7, 11) is 0. The number of hydrogen-bond acceptors (Lipinski definition) is 4. The first-order valence-corrected chi connectivity index (χ1v) is 8.69. The third kappa shape index (κ3) is 3.42. The monoisotopic (exact) mass is 359 g/mol. The van der Waals surface area contributed by atoms with Crippen LogP contribution in [0, 0.1) is 0 Å². The highest BCUT2D eigenvalue weighted by Crippen LogP contribution is 2.20. The van der Waals surface area contributed by atoms with Crippen molar-refractivity contribution in [2.75, 3.05) is 5.32 Å². The number of imide groups is 1. The number of para-hydroxylation sites is 1. The SMILES string of the molecule is O=C(Nc1ccc(CN2C(=O)CCC2=O)cc1)c1ccnc2ccccc12. The van der Waals surface area contributed by atoms with Gasteiger partial charge in [0.25, 0.3) is 5.91 Å². The largest absolute Gasteiger partial charge is 0.322 e. The Hall–Kier alpha value is -3.54. The van der Waals surface area contributed by atoms with Crippen LogP contribution >= 0.6 is 0 Å². The molecular weight excluding hydrogens is 342 g/mol. The number of benzene rings is 2. The van der Waals surface area contributed by atoms with E-state index in [1.54, 1.807) is 36.5 Å². The van der Waals surface area contributed by atoms with Crippen LogP contribution in [-0.2, 0) is 16.1 Å². The molecule has 0 atom stereocenters. The molecule has 1 N–H and O–H groups in total. The zero-order valence-electron chi connectivity index (χ0n) is 14.5. The number of anilines is 1. The van der Waals surface area contributed by atoms with Gasteiger partial charge in [-0.05, 0) is 29.8 Å². The van der Waals surface area contributed by atoms with E-state index in [1.807, 2.05) is 24.3 Å². The molecule has 1 saturated heterocycles. The van der Waals surface area contributed by atoms with Crippen molar-refractivity contribution in [3.05, 3.63) is 71.9 Å². The zero-order chi connectivity index (χ0) is 18.8. The maximum atomic E-state index is 12.6. The van der Waals surface area contributed by atoms with Crippen molar-refractivity contribution in [2.24, 2.45) is 0 Å². The van der Waals surface area contributed by atoms with E-state index in [2.05, 4.69) is 10.3 Å². The quantitative estimate of drug-likeness (QED) is 0.726. The highest BCUT2D eigenvalue weighted by molar-refractivity contribution is 6.12. The molecule has 1 aliphatic heterocycles. The first kappa shape index (κ1) is 16.9. The van der Waals surface area contributed by atoms with Crippen molar-refractivity contribution in [1.82, 2.24) is 9.88 Å². The molecule has 6 heteroatoms. The smallest absolute Gasteiger partial charge is 0.256 e. The van der Waals surface area contributed by atoms with E-state index >= 15 is 0 Å². The number of likely N-dealkylation sites (tertiary alicyclic amines) is 1. The summed E-state index contributed by atoms with van der Waals surface area (Å²) in [6.07, 6.45) is 2.18. The van der Waals surface area contributed by atoms with E-state index < -0.39 is 0 Å². The molecule has 2 heterocycles. The van der Waals surface area contributed by atoms with Gasteiger partial charge in [-0.3, -0.25) is 24.3 Å². The molecule has 134 valence electrons. The third-order valence-corrected chi connectivity index (χ3v) is 4.60. The highest BCUT2D eigenvalue weighted by atomic mass is 16.2. The molecule has 0 unspecified atom stereocenters. The van der Waals surface area contributed by atoms with Crippen molar-refractivity contribution in [3.63, 3.8) is 0 Å². The molecule has 0 spiro atoms. The van der Waals surface area contributed by atoms with Gasteiger partial charge >= 0.3 is 0 Å². The summed E-state index contributed by atoms with van der Waals surface area (Å²) in [4.78, 5) is 41.6. The Balaban J connectivity index is 1.49. The fourth-order valence-corrected chi connectivity index (χ4v) is 3.17. The molecule has 27 heavy (non-hydrogen) atoms. The number of aromatic nitrogens is 1. The minimum absolute atomic E-state index is 0.137. The summed E-state index contributed by atoms with van der Waals surface area (Å²) in [6, 6.07) is 16.3. The van der Waals surface area contributed by atoms with Crippen LogP contribution in [0.2, 0.25) is 0 Å². The van der Waals surface area contributed by atoms with Gasteiger partial charge in [-0.2, -0.15) is 0 Å². The predicted octanol–water partition coefficient (Wildman–Crippen LogP) is 3.14. The van der Waals surface area contributed by atoms with Crippen LogP contribution in [0.3, 0.4) is 0 Å². The second-order valence-electron chi connectivity index (χ2n) is 6.40. The summed E-state index contributed by atoms with van der Waals surface area (Å²) in [6.45, 7) is 0.265. The first-order chi connectivity index (χ1) is 13.1. The average Bonchev–Trinajstić information content (AvgIpc) is 3.01. The summed E-state index contributed by atoms with van der Waals surface area (Å²) < 4.78 is 0. The molecule has 3 amide bonds. The molecule has 6 nitrogen and oxygen atoms in total. The van der Waals surface area contributed by atoms with Crippen LogP contribution < -0.4 is 5.32 Å². The Morgan fingerprint density at radius 3 is 2.41 bits per heavy atom. The van der Waals surface area contributed by atoms with Crippen LogP contribution in [0.15, 0.2) is 60.8 Å². The van der Waals surface area contributed by atoms with Crippen LogP contribution in [0.5, 0.6) is 0 Å². The van der Waals surface area contributed by atoms with Gasteiger partial charge < -0.3 is 5.32 Å². The topological polar surface area (TPSA) is 79.4 Å². The number of pyridine rings is 1. The van der Waals surface area contributed by atoms with Crippen molar-refractivity contribution in [3.8, 4) is 0 Å². The van der Waals surface area contributed by atoms with E-state index in [4.69, 9.17) is 0 Å². The minimum atomic E-state index is -0.216. The molecule has 0 saturated carbocycles. The van der Waals surface area contributed by atoms with Crippen molar-refractivity contribution in [2.45, 2.75) is 19.4 Å². The van der Waals surface area contributed by atoms with E-state index in [0.717, 1.165) is 16.5 Å². The Kier molecular flexibility index (Phi) is 4.38. The van der Waals surface area contributed by atoms with Crippen LogP contribution in [-0.4, -0.2) is 27.6 Å². The molecule has 1 aromatic heterocycles. The second-order valence-corrected chi connectivity index (χ2v) is 6.40. The van der Waals surface area contributed by atoms with Gasteiger partial charge in [-0.1, -0.05) is 30.3 Å². The average molecular weight is 359 g/mol. The van der Waals surface area contributed by atoms with E-state index in [9.17, 15) is 14.4 Å². The summed E-state index contributed by atoms with van der Waals surface area (Å²) in [5, 5.41) is 3.67. The van der Waals surface area contributed by atoms with Crippen LogP contribution in [0.4, 0.5) is 5.69 Å². The van der Waals surface area contributed by atoms with Gasteiger partial charge in [0.05, 0.1) is 17.6 Å². The van der Waals surface area contributed by atoms with Gasteiger partial charge in [0, 0.05) is 30.1 Å². The number of carbonyl (C=O) groups is 3. The van der Waals surface area contributed by atoms with E-state index in [1.165, 1.54) is 4.90 Å². The van der Waals surface area contributed by atoms with Gasteiger partial charge in [-0.15, -0.1) is 0 Å². The number of nitrogens with zero attached hydrogens (tertiary/aromatic N) is 2. The van der Waals surface area contributed by atoms with Gasteiger partial charge in [0.1, 0.15) is 0 Å². The number of rotatable bonds is 4. The predicted molar refractivity (Wildman–Crippen MR) is 101 cm³/mol. The normalized spacial score (nSPS) is 14.0. The van der Waals surface area contributed by atoms with Gasteiger partial charge in [0.15, 0.2) is 0 Å². The molecule has 1 fully saturated rings. The Morgan fingerprint density at radius 2 is 1.67 bits per heavy atom. The number of nitrogens with one attached hydrogen (secondary N) is 1. The lowest BCUT2D eigenvalue weighted by atomic mass is 10.1. The van der Waals surface area contributed by atoms with Crippen molar-refractivity contribution in [1.29, 1.82) is 0 Å². The van der Waals surface area contributed by atoms with Crippen LogP contribution in [0.1, 0.15) is 28.8 Å². The summed E-state index contributed by atoms with van der Waals surface area (Å²) >= 11 is 0. The molecule has 0 radical (unpaired) electrons. The molecule has 2 aromatic carbocycles. The van der Waals surface area contributed by atoms with E-state index in [0.29, 0.717) is 11.3 Å². The van der Waals surface area contributed by atoms with Crippen LogP contribution in [0.25, 0.3) is 10.9 Å². The van der Waals surface area contributed by atoms with Crippen molar-refractivity contribution < 1.29 is 14.4 Å². The van der Waals surface area contributed by atoms with E-state index in [-0.39, 0.29) is 37.1 Å². The zero-order valence-corrected chi connectivity index (χ0v) is 14.5. The molecule has 0 aliphatic carbocycles. The maximum Gasteiger partial charge on any atom is 0.256 e. The molecule has 4 rings (SSSR count). The third-order valence-electron chi connectivity index (χ3n) is 4.60. The lowest BCUT2D eigenvalue weighted by Crippen LogP contribution is -2.28. The standard InChI is InChI=1S/C21H17N3O3/c25-19-9-10-20(26)24(19)13-14-5-7-15(8-6-14)23-21(27)17-11-12-22-18-4-2-1-3-16(17)18/h1-8,11-12H,9-10,13H2,(H,23,27). The van der Waals surface area contributed by atoms with Gasteiger partial charge in [0.2, 0.25) is 11.8 Å². The fourth-order valence-electron chi connectivity index (χ4n) is 3.17. The lowest BCUT2D eigenvalue weighted by molar-refractivity contribution is -0.139. The Morgan fingerprint density at radius 1 is 0.963 bits per heavy atom. The summed E-state index contributed by atoms with van der Waals surface area (Å²) in [5.74, 6) is -0.491. The first-order valence-electron chi connectivity index (χ1n) is 8.69. The lowest BCUT2D eigenvalue weighted by Gasteiger charge is -2.14. The number of hydrogen-bond donors (Lipinski definition) is 1. The van der Waals surface area contributed by atoms with Gasteiger partial charge in [-0.25, -0.2) is 0 Å². The molecule has 3 aromatic rings. The summed E-state index contributed by atoms with van der Waals surface area (Å²) in [5.41, 5.74) is 2.80. The molecule has 1 aliphatic rings. The molecular formula is C21H17N3O3. The highest BCUT2D eigenvalue weighted by Gasteiger charge is 2.28. The number of fused-ring (bicyclic) bond motifs is 1. The number of amides is 3. The Bertz CT molecular complexity index is 1020. The minimum Gasteiger partial charge on any atom is -0.322 e. The Labute approximate surface area is 155 Å². The van der Waals surface area contributed by atoms with Crippen molar-refractivity contribution >= 4 is 34.3 Å². The molecule has 0 bridgehead atoms.